The predicted octanol–water partition coefficient (Wildman–Crippen LogP) is 0.627. The van der Waals surface area contributed by atoms with Gasteiger partial charge in [-0.1, -0.05) is 5.16 Å². The number of hydrogen-bond donors (Lipinski definition) is 0. The molecule has 0 radical (unpaired) electrons. The summed E-state index contributed by atoms with van der Waals surface area (Å²) in [5.74, 6) is -0.0589. The predicted molar refractivity (Wildman–Crippen MR) is 92.8 cm³/mol. The van der Waals surface area contributed by atoms with Crippen LogP contribution in [0.5, 0.6) is 0 Å². The zero-order valence-electron chi connectivity index (χ0n) is 15.6. The largest absolute Gasteiger partial charge is 0.375 e. The van der Waals surface area contributed by atoms with Crippen LogP contribution >= 0.6 is 0 Å². The maximum absolute atomic E-state index is 13.1. The van der Waals surface area contributed by atoms with E-state index < -0.39 is 5.82 Å². The molecule has 0 N–H and O–H groups in total. The Morgan fingerprint density at radius 2 is 2.07 bits per heavy atom. The Bertz CT molecular complexity index is 894. The summed E-state index contributed by atoms with van der Waals surface area (Å²) in [7, 11) is 1.47. The van der Waals surface area contributed by atoms with Crippen molar-refractivity contribution in [3.05, 3.63) is 41.6 Å². The molecule has 2 aliphatic rings. The summed E-state index contributed by atoms with van der Waals surface area (Å²) in [6.45, 7) is 3.48. The highest BCUT2D eigenvalue weighted by Gasteiger charge is 2.58. The number of likely N-dealkylation sites (tertiary alicyclic amines) is 2. The Kier molecular flexibility index (Phi) is 4.58. The van der Waals surface area contributed by atoms with E-state index in [1.807, 2.05) is 0 Å². The lowest BCUT2D eigenvalue weighted by atomic mass is 9.71. The molecule has 1 spiro atoms. The van der Waals surface area contributed by atoms with Gasteiger partial charge in [-0.3, -0.25) is 9.59 Å². The number of amides is 2. The fourth-order valence-corrected chi connectivity index (χ4v) is 4.01. The molecule has 2 aliphatic heterocycles. The fourth-order valence-electron chi connectivity index (χ4n) is 4.01. The molecule has 0 saturated carbocycles. The van der Waals surface area contributed by atoms with E-state index in [4.69, 9.17) is 9.26 Å². The van der Waals surface area contributed by atoms with Gasteiger partial charge in [-0.05, 0) is 19.1 Å². The molecule has 0 bridgehead atoms. The Hall–Kier alpha value is -2.88. The molecule has 4 rings (SSSR count). The third kappa shape index (κ3) is 3.13. The molecule has 1 unspecified atom stereocenters. The van der Waals surface area contributed by atoms with Crippen LogP contribution in [0.1, 0.15) is 28.1 Å². The van der Waals surface area contributed by atoms with Crippen molar-refractivity contribution in [1.82, 2.24) is 24.9 Å². The average Bonchev–Trinajstić information content (AvgIpc) is 3.24. The number of aromatic nitrogens is 3. The van der Waals surface area contributed by atoms with Crippen LogP contribution in [0, 0.1) is 18.2 Å². The topological polar surface area (TPSA) is 102 Å². The van der Waals surface area contributed by atoms with Gasteiger partial charge in [0.2, 0.25) is 11.8 Å². The number of hydrogen-bond acceptors (Lipinski definition) is 7. The minimum Gasteiger partial charge on any atom is -0.375 e. The van der Waals surface area contributed by atoms with Crippen molar-refractivity contribution in [3.63, 3.8) is 0 Å². The van der Waals surface area contributed by atoms with E-state index in [1.54, 1.807) is 16.7 Å². The second-order valence-corrected chi connectivity index (χ2v) is 7.32. The zero-order valence-corrected chi connectivity index (χ0v) is 15.6. The quantitative estimate of drug-likeness (QED) is 0.756. The number of carbonyl (C=O) groups excluding carboxylic acids is 2. The number of ether oxygens (including phenoxy) is 1. The maximum atomic E-state index is 13.1. The summed E-state index contributed by atoms with van der Waals surface area (Å²) >= 11 is 0. The van der Waals surface area contributed by atoms with Gasteiger partial charge in [0.15, 0.2) is 5.82 Å². The van der Waals surface area contributed by atoms with Crippen LogP contribution in [0.2, 0.25) is 0 Å². The molecular formula is C18H20FN5O4. The van der Waals surface area contributed by atoms with Crippen molar-refractivity contribution >= 4 is 11.8 Å². The number of rotatable bonds is 4. The van der Waals surface area contributed by atoms with E-state index in [0.29, 0.717) is 37.9 Å². The van der Waals surface area contributed by atoms with Crippen LogP contribution in [-0.2, 0) is 9.53 Å². The van der Waals surface area contributed by atoms with E-state index in [0.717, 1.165) is 6.20 Å². The molecule has 2 aromatic heterocycles. The Labute approximate surface area is 160 Å². The first-order valence-electron chi connectivity index (χ1n) is 8.89. The smallest absolute Gasteiger partial charge is 0.272 e. The molecule has 2 saturated heterocycles. The van der Waals surface area contributed by atoms with Crippen molar-refractivity contribution in [1.29, 1.82) is 0 Å². The van der Waals surface area contributed by atoms with Gasteiger partial charge in [-0.2, -0.15) is 4.98 Å². The molecule has 9 nitrogen and oxygen atoms in total. The number of aryl methyl sites for hydroxylation is 1. The summed E-state index contributed by atoms with van der Waals surface area (Å²) < 4.78 is 23.4. The minimum atomic E-state index is -0.494. The van der Waals surface area contributed by atoms with Gasteiger partial charge in [0.05, 0.1) is 12.1 Å². The highest BCUT2D eigenvalue weighted by atomic mass is 19.1. The number of halogens is 1. The van der Waals surface area contributed by atoms with Crippen molar-refractivity contribution in [3.8, 4) is 0 Å². The van der Waals surface area contributed by atoms with E-state index >= 15 is 0 Å². The van der Waals surface area contributed by atoms with Crippen molar-refractivity contribution in [2.24, 2.45) is 5.41 Å². The van der Waals surface area contributed by atoms with Gasteiger partial charge in [-0.15, -0.1) is 0 Å². The van der Waals surface area contributed by atoms with Gasteiger partial charge in [0.1, 0.15) is 18.1 Å². The Balaban J connectivity index is 1.53. The van der Waals surface area contributed by atoms with Crippen molar-refractivity contribution in [2.75, 3.05) is 39.9 Å². The fraction of sp³-hybridized carbons (Fsp3) is 0.500. The first-order chi connectivity index (χ1) is 13.4. The Morgan fingerprint density at radius 1 is 1.32 bits per heavy atom. The monoisotopic (exact) mass is 389 g/mol. The third-order valence-corrected chi connectivity index (χ3v) is 5.36. The summed E-state index contributed by atoms with van der Waals surface area (Å²) in [6.07, 6.45) is 1.02. The van der Waals surface area contributed by atoms with Gasteiger partial charge in [0.25, 0.3) is 5.91 Å². The van der Waals surface area contributed by atoms with Crippen molar-refractivity contribution in [2.45, 2.75) is 12.8 Å². The van der Waals surface area contributed by atoms with Gasteiger partial charge in [-0.25, -0.2) is 9.37 Å². The first-order valence-corrected chi connectivity index (χ1v) is 8.89. The van der Waals surface area contributed by atoms with Gasteiger partial charge in [0, 0.05) is 38.7 Å². The molecule has 148 valence electrons. The SMILES string of the molecule is COCC(=O)N1CC(c2nc(C)no2)C2(C1)CN(C(=O)c1ccc(F)cn1)C2. The van der Waals surface area contributed by atoms with Gasteiger partial charge >= 0.3 is 0 Å². The molecular weight excluding hydrogens is 369 g/mol. The molecule has 2 amide bonds. The molecule has 28 heavy (non-hydrogen) atoms. The van der Waals surface area contributed by atoms with Crippen LogP contribution in [-0.4, -0.2) is 76.6 Å². The van der Waals surface area contributed by atoms with Crippen LogP contribution in [0.15, 0.2) is 22.9 Å². The molecule has 1 atom stereocenters. The summed E-state index contributed by atoms with van der Waals surface area (Å²) in [5, 5.41) is 3.86. The van der Waals surface area contributed by atoms with E-state index in [2.05, 4.69) is 15.1 Å². The standard InChI is InChI=1S/C18H20FN5O4/c1-11-21-16(28-22-11)13-6-23(15(25)7-27-2)8-18(13)9-24(10-18)17(26)14-4-3-12(19)5-20-14/h3-5,13H,6-10H2,1-2H3. The van der Waals surface area contributed by atoms with Crippen molar-refractivity contribution < 1.29 is 23.2 Å². The lowest BCUT2D eigenvalue weighted by Gasteiger charge is -2.49. The van der Waals surface area contributed by atoms with E-state index in [-0.39, 0.29) is 35.4 Å². The van der Waals surface area contributed by atoms with Gasteiger partial charge < -0.3 is 19.1 Å². The summed E-state index contributed by atoms with van der Waals surface area (Å²) in [6, 6.07) is 2.57. The molecule has 2 aromatic rings. The second-order valence-electron chi connectivity index (χ2n) is 7.32. The van der Waals surface area contributed by atoms with Crippen LogP contribution in [0.25, 0.3) is 0 Å². The summed E-state index contributed by atoms with van der Waals surface area (Å²) in [5.41, 5.74) is -0.176. The highest BCUT2D eigenvalue weighted by Crippen LogP contribution is 2.49. The molecule has 0 aromatic carbocycles. The number of nitrogens with zero attached hydrogens (tertiary/aromatic N) is 5. The molecule has 0 aliphatic carbocycles. The number of pyridine rings is 1. The van der Waals surface area contributed by atoms with Crippen LogP contribution in [0.3, 0.4) is 0 Å². The third-order valence-electron chi connectivity index (χ3n) is 5.36. The second kappa shape index (κ2) is 6.93. The summed E-state index contributed by atoms with van der Waals surface area (Å²) in [4.78, 5) is 36.5. The van der Waals surface area contributed by atoms with E-state index in [9.17, 15) is 14.0 Å². The number of carbonyl (C=O) groups is 2. The van der Waals surface area contributed by atoms with E-state index in [1.165, 1.54) is 19.2 Å². The molecule has 2 fully saturated rings. The Morgan fingerprint density at radius 3 is 2.68 bits per heavy atom. The highest BCUT2D eigenvalue weighted by molar-refractivity contribution is 5.93. The average molecular weight is 389 g/mol. The first kappa shape index (κ1) is 18.5. The maximum Gasteiger partial charge on any atom is 0.272 e. The lowest BCUT2D eigenvalue weighted by molar-refractivity contribution is -0.134. The van der Waals surface area contributed by atoms with Crippen LogP contribution in [0.4, 0.5) is 4.39 Å². The molecule has 4 heterocycles. The van der Waals surface area contributed by atoms with Crippen LogP contribution < -0.4 is 0 Å². The lowest BCUT2D eigenvalue weighted by Crippen LogP contribution is -2.61. The molecule has 10 heteroatoms. The number of methoxy groups -OCH3 is 1. The minimum absolute atomic E-state index is 0.00615. The normalized spacial score (nSPS) is 20.5. The zero-order chi connectivity index (χ0) is 19.9.